The van der Waals surface area contributed by atoms with Crippen LogP contribution in [0.1, 0.15) is 73.1 Å². The number of aliphatic hydroxyl groups is 1. The highest BCUT2D eigenvalue weighted by molar-refractivity contribution is 5.68. The van der Waals surface area contributed by atoms with Crippen LogP contribution in [0, 0.1) is 11.3 Å². The summed E-state index contributed by atoms with van der Waals surface area (Å²) in [7, 11) is 0. The number of nitrogens with one attached hydrogen (secondary N) is 2. The van der Waals surface area contributed by atoms with Gasteiger partial charge in [-0.2, -0.15) is 0 Å². The van der Waals surface area contributed by atoms with Gasteiger partial charge in [-0.15, -0.1) is 0 Å². The zero-order chi connectivity index (χ0) is 20.1. The van der Waals surface area contributed by atoms with Crippen LogP contribution in [0.2, 0.25) is 0 Å². The number of hydrogen-bond acceptors (Lipinski definition) is 6. The van der Waals surface area contributed by atoms with Gasteiger partial charge in [0.25, 0.3) is 0 Å². The number of hydrogen-bond donors (Lipinski definition) is 3. The number of aliphatic hydroxyl groups excluding tert-OH is 1. The predicted octanol–water partition coefficient (Wildman–Crippen LogP) is 3.39. The summed E-state index contributed by atoms with van der Waals surface area (Å²) >= 11 is 0. The van der Waals surface area contributed by atoms with Gasteiger partial charge in [-0.1, -0.05) is 34.6 Å². The lowest BCUT2D eigenvalue weighted by Crippen LogP contribution is -2.40. The summed E-state index contributed by atoms with van der Waals surface area (Å²) in [6.07, 6.45) is 1.14. The zero-order valence-electron chi connectivity index (χ0n) is 17.3. The normalized spacial score (nSPS) is 15.0. The van der Waals surface area contributed by atoms with Crippen molar-refractivity contribution in [3.05, 3.63) is 17.8 Å². The second-order valence-corrected chi connectivity index (χ2v) is 9.02. The molecule has 150 valence electrons. The number of alkyl carbamates (subject to hydrolysis) is 1. The summed E-state index contributed by atoms with van der Waals surface area (Å²) in [5.41, 5.74) is -0.883. The van der Waals surface area contributed by atoms with Crippen molar-refractivity contribution in [2.45, 2.75) is 79.6 Å². The van der Waals surface area contributed by atoms with Crippen LogP contribution < -0.4 is 10.6 Å². The van der Waals surface area contributed by atoms with E-state index in [2.05, 4.69) is 15.6 Å². The molecule has 0 unspecified atom stereocenters. The van der Waals surface area contributed by atoms with Crippen molar-refractivity contribution in [1.29, 1.82) is 0 Å². The Bertz CT molecular complexity index is 570. The maximum atomic E-state index is 12.2. The molecule has 0 fully saturated rings. The Morgan fingerprint density at radius 3 is 2.35 bits per heavy atom. The molecule has 1 aromatic rings. The second kappa shape index (κ2) is 8.86. The van der Waals surface area contributed by atoms with Crippen molar-refractivity contribution in [3.63, 3.8) is 0 Å². The molecule has 1 rings (SSSR count). The van der Waals surface area contributed by atoms with Gasteiger partial charge in [0.1, 0.15) is 17.4 Å². The molecule has 1 heterocycles. The lowest BCUT2D eigenvalue weighted by molar-refractivity contribution is 0.0445. The third kappa shape index (κ3) is 7.33. The van der Waals surface area contributed by atoms with E-state index in [0.29, 0.717) is 24.1 Å². The van der Waals surface area contributed by atoms with Gasteiger partial charge in [0.2, 0.25) is 5.89 Å². The molecule has 2 atom stereocenters. The van der Waals surface area contributed by atoms with Gasteiger partial charge in [-0.25, -0.2) is 9.78 Å². The molecule has 0 saturated carbocycles. The molecule has 26 heavy (non-hydrogen) atoms. The minimum atomic E-state index is -0.575. The van der Waals surface area contributed by atoms with Crippen molar-refractivity contribution < 1.29 is 19.1 Å². The highest BCUT2D eigenvalue weighted by atomic mass is 16.6. The number of rotatable bonds is 7. The van der Waals surface area contributed by atoms with Gasteiger partial charge in [0.05, 0.1) is 19.3 Å². The average molecular weight is 370 g/mol. The molecular formula is C19H35N3O4. The molecule has 0 spiro atoms. The van der Waals surface area contributed by atoms with Crippen LogP contribution in [0.15, 0.2) is 10.6 Å². The Morgan fingerprint density at radius 1 is 1.27 bits per heavy atom. The number of amides is 1. The first-order chi connectivity index (χ1) is 11.8. The second-order valence-electron chi connectivity index (χ2n) is 9.02. The first-order valence-electron chi connectivity index (χ1n) is 9.12. The number of aromatic nitrogens is 1. The zero-order valence-corrected chi connectivity index (χ0v) is 17.3. The SMILES string of the molecule is CC(C)[C@H](CO)NCc1cnc([C@@H](NC(=O)OC(C)(C)C)C(C)(C)C)o1. The third-order valence-corrected chi connectivity index (χ3v) is 3.89. The van der Waals surface area contributed by atoms with Crippen molar-refractivity contribution in [2.24, 2.45) is 11.3 Å². The smallest absolute Gasteiger partial charge is 0.408 e. The molecule has 7 heteroatoms. The van der Waals surface area contributed by atoms with E-state index in [4.69, 9.17) is 9.15 Å². The predicted molar refractivity (Wildman–Crippen MR) is 101 cm³/mol. The lowest BCUT2D eigenvalue weighted by Gasteiger charge is -2.30. The Balaban J connectivity index is 2.84. The third-order valence-electron chi connectivity index (χ3n) is 3.89. The standard InChI is InChI=1S/C19H35N3O4/c1-12(2)14(11-23)20-9-13-10-21-16(25-13)15(18(3,4)5)22-17(24)26-19(6,7)8/h10,12,14-15,20,23H,9,11H2,1-8H3,(H,22,24)/t14-,15+/m0/s1. The van der Waals surface area contributed by atoms with Gasteiger partial charge >= 0.3 is 6.09 Å². The van der Waals surface area contributed by atoms with Gasteiger partial charge in [0.15, 0.2) is 0 Å². The van der Waals surface area contributed by atoms with Crippen molar-refractivity contribution >= 4 is 6.09 Å². The number of oxazole rings is 1. The minimum absolute atomic E-state index is 0.0122. The van der Waals surface area contributed by atoms with Crippen LogP contribution in [0.25, 0.3) is 0 Å². The van der Waals surface area contributed by atoms with E-state index in [1.54, 1.807) is 6.20 Å². The Morgan fingerprint density at radius 2 is 1.88 bits per heavy atom. The molecule has 0 bridgehead atoms. The summed E-state index contributed by atoms with van der Waals surface area (Å²) < 4.78 is 11.2. The topological polar surface area (TPSA) is 96.6 Å². The fourth-order valence-corrected chi connectivity index (χ4v) is 2.35. The van der Waals surface area contributed by atoms with E-state index < -0.39 is 17.7 Å². The van der Waals surface area contributed by atoms with Crippen molar-refractivity contribution in [1.82, 2.24) is 15.6 Å². The highest BCUT2D eigenvalue weighted by Gasteiger charge is 2.33. The van der Waals surface area contributed by atoms with E-state index in [1.165, 1.54) is 0 Å². The maximum Gasteiger partial charge on any atom is 0.408 e. The van der Waals surface area contributed by atoms with E-state index in [-0.39, 0.29) is 18.1 Å². The molecule has 3 N–H and O–H groups in total. The van der Waals surface area contributed by atoms with E-state index in [9.17, 15) is 9.90 Å². The molecule has 7 nitrogen and oxygen atoms in total. The monoisotopic (exact) mass is 369 g/mol. The highest BCUT2D eigenvalue weighted by Crippen LogP contribution is 2.32. The van der Waals surface area contributed by atoms with Crippen LogP contribution in [-0.4, -0.2) is 34.4 Å². The van der Waals surface area contributed by atoms with Gasteiger partial charge < -0.3 is 24.9 Å². The summed E-state index contributed by atoms with van der Waals surface area (Å²) in [4.78, 5) is 16.5. The molecular weight excluding hydrogens is 334 g/mol. The molecule has 0 aromatic carbocycles. The quantitative estimate of drug-likeness (QED) is 0.682. The number of nitrogens with zero attached hydrogens (tertiary/aromatic N) is 1. The lowest BCUT2D eigenvalue weighted by atomic mass is 9.87. The largest absolute Gasteiger partial charge is 0.444 e. The maximum absolute atomic E-state index is 12.2. The van der Waals surface area contributed by atoms with Gasteiger partial charge in [-0.3, -0.25) is 0 Å². The number of carbonyl (C=O) groups is 1. The molecule has 0 saturated heterocycles. The summed E-state index contributed by atoms with van der Waals surface area (Å²) in [6.45, 7) is 16.1. The van der Waals surface area contributed by atoms with Crippen molar-refractivity contribution in [2.75, 3.05) is 6.61 Å². The molecule has 1 amide bonds. The average Bonchev–Trinajstić information content (AvgIpc) is 2.90. The van der Waals surface area contributed by atoms with Crippen LogP contribution >= 0.6 is 0 Å². The summed E-state index contributed by atoms with van der Waals surface area (Å²) in [5, 5.41) is 15.5. The number of ether oxygens (including phenoxy) is 1. The van der Waals surface area contributed by atoms with Crippen LogP contribution in [0.3, 0.4) is 0 Å². The molecule has 1 aromatic heterocycles. The first-order valence-corrected chi connectivity index (χ1v) is 9.12. The Kier molecular flexibility index (Phi) is 7.65. The Hall–Kier alpha value is -1.60. The molecule has 0 aliphatic rings. The summed E-state index contributed by atoms with van der Waals surface area (Å²) in [6, 6.07) is -0.438. The molecule has 0 radical (unpaired) electrons. The number of carbonyl (C=O) groups excluding carboxylic acids is 1. The van der Waals surface area contributed by atoms with Crippen LogP contribution in [0.5, 0.6) is 0 Å². The molecule has 0 aliphatic heterocycles. The van der Waals surface area contributed by atoms with E-state index >= 15 is 0 Å². The van der Waals surface area contributed by atoms with E-state index in [1.807, 2.05) is 55.4 Å². The van der Waals surface area contributed by atoms with Crippen molar-refractivity contribution in [3.8, 4) is 0 Å². The fraction of sp³-hybridized carbons (Fsp3) is 0.789. The Labute approximate surface area is 156 Å². The summed E-state index contributed by atoms with van der Waals surface area (Å²) in [5.74, 6) is 1.39. The minimum Gasteiger partial charge on any atom is -0.444 e. The van der Waals surface area contributed by atoms with Crippen LogP contribution in [0.4, 0.5) is 4.79 Å². The van der Waals surface area contributed by atoms with Gasteiger partial charge in [-0.05, 0) is 32.1 Å². The molecule has 0 aliphatic carbocycles. The fourth-order valence-electron chi connectivity index (χ4n) is 2.35. The first kappa shape index (κ1) is 22.4. The van der Waals surface area contributed by atoms with Gasteiger partial charge in [0, 0.05) is 6.04 Å². The van der Waals surface area contributed by atoms with E-state index in [0.717, 1.165) is 0 Å². The van der Waals surface area contributed by atoms with Crippen LogP contribution in [-0.2, 0) is 11.3 Å².